The van der Waals surface area contributed by atoms with E-state index >= 15 is 0 Å². The molecule has 0 heterocycles. The van der Waals surface area contributed by atoms with Crippen LogP contribution in [0.25, 0.3) is 0 Å². The minimum atomic E-state index is -3.70. The lowest BCUT2D eigenvalue weighted by molar-refractivity contribution is 0.298. The predicted molar refractivity (Wildman–Crippen MR) is 101 cm³/mol. The summed E-state index contributed by atoms with van der Waals surface area (Å²) in [6.07, 6.45) is 0. The Morgan fingerprint density at radius 1 is 1.12 bits per heavy atom. The predicted octanol–water partition coefficient (Wildman–Crippen LogP) is 3.58. The van der Waals surface area contributed by atoms with E-state index in [2.05, 4.69) is 4.72 Å². The van der Waals surface area contributed by atoms with Crippen molar-refractivity contribution >= 4 is 33.2 Å². The summed E-state index contributed by atoms with van der Waals surface area (Å²) in [5.74, 6) is 0.719. The first kappa shape index (κ1) is 20.0. The van der Waals surface area contributed by atoms with Gasteiger partial charge in [-0.3, -0.25) is 0 Å². The number of benzene rings is 2. The maximum Gasteiger partial charge on any atom is 0.240 e. The minimum Gasteiger partial charge on any atom is -0.497 e. The maximum absolute atomic E-state index is 12.5. The van der Waals surface area contributed by atoms with Gasteiger partial charge in [0.25, 0.3) is 0 Å². The van der Waals surface area contributed by atoms with Crippen LogP contribution in [-0.4, -0.2) is 41.1 Å². The Kier molecular flexibility index (Phi) is 6.71. The van der Waals surface area contributed by atoms with Crippen molar-refractivity contribution in [2.45, 2.75) is 10.9 Å². The van der Waals surface area contributed by atoms with Crippen molar-refractivity contribution in [3.63, 3.8) is 0 Å². The van der Waals surface area contributed by atoms with Crippen LogP contribution in [0.15, 0.2) is 47.4 Å². The fraction of sp³-hybridized carbons (Fsp3) is 0.294. The largest absolute Gasteiger partial charge is 0.497 e. The number of nitrogens with zero attached hydrogens (tertiary/aromatic N) is 1. The van der Waals surface area contributed by atoms with E-state index < -0.39 is 10.0 Å². The maximum atomic E-state index is 12.5. The van der Waals surface area contributed by atoms with E-state index in [0.29, 0.717) is 5.02 Å². The highest BCUT2D eigenvalue weighted by atomic mass is 35.5. The van der Waals surface area contributed by atoms with Crippen molar-refractivity contribution in [1.29, 1.82) is 0 Å². The van der Waals surface area contributed by atoms with Crippen LogP contribution in [0, 0.1) is 0 Å². The zero-order valence-corrected chi connectivity index (χ0v) is 16.5. The Balaban J connectivity index is 2.21. The smallest absolute Gasteiger partial charge is 0.240 e. The molecule has 0 amide bonds. The molecule has 2 aromatic rings. The average Bonchev–Trinajstić information content (AvgIpc) is 2.57. The molecule has 1 unspecified atom stereocenters. The second-order valence-corrected chi connectivity index (χ2v) is 8.27. The normalized spacial score (nSPS) is 13.0. The molecule has 8 heteroatoms. The molecule has 25 heavy (non-hydrogen) atoms. The number of nitrogens with one attached hydrogen (secondary N) is 1. The monoisotopic (exact) mass is 402 g/mol. The van der Waals surface area contributed by atoms with Gasteiger partial charge in [0.05, 0.1) is 22.1 Å². The number of methoxy groups -OCH3 is 1. The lowest BCUT2D eigenvalue weighted by Crippen LogP contribution is -2.34. The lowest BCUT2D eigenvalue weighted by Gasteiger charge is -2.25. The Morgan fingerprint density at radius 2 is 1.84 bits per heavy atom. The van der Waals surface area contributed by atoms with Crippen LogP contribution in [0.1, 0.15) is 11.6 Å². The van der Waals surface area contributed by atoms with E-state index in [0.717, 1.165) is 11.3 Å². The second kappa shape index (κ2) is 8.38. The van der Waals surface area contributed by atoms with E-state index in [1.54, 1.807) is 7.11 Å². The SMILES string of the molecule is COc1cccc(C(CNS(=O)(=O)c2ccc(Cl)c(Cl)c2)N(C)C)c1. The first-order valence-corrected chi connectivity index (χ1v) is 9.73. The van der Waals surface area contributed by atoms with Gasteiger partial charge in [-0.05, 0) is 50.0 Å². The summed E-state index contributed by atoms with van der Waals surface area (Å²) >= 11 is 11.8. The summed E-state index contributed by atoms with van der Waals surface area (Å²) in [5, 5.41) is 0.504. The number of sulfonamides is 1. The van der Waals surface area contributed by atoms with Gasteiger partial charge in [0.15, 0.2) is 0 Å². The van der Waals surface area contributed by atoms with Crippen LogP contribution in [0.4, 0.5) is 0 Å². The molecule has 1 atom stereocenters. The zero-order valence-electron chi connectivity index (χ0n) is 14.2. The van der Waals surface area contributed by atoms with E-state index in [1.165, 1.54) is 18.2 Å². The Hall–Kier alpha value is -1.31. The van der Waals surface area contributed by atoms with Gasteiger partial charge in [0, 0.05) is 12.6 Å². The molecule has 0 radical (unpaired) electrons. The topological polar surface area (TPSA) is 58.6 Å². The van der Waals surface area contributed by atoms with Crippen molar-refractivity contribution in [3.8, 4) is 5.75 Å². The highest BCUT2D eigenvalue weighted by Gasteiger charge is 2.20. The third-order valence-corrected chi connectivity index (χ3v) is 5.93. The number of ether oxygens (including phenoxy) is 1. The van der Waals surface area contributed by atoms with Crippen molar-refractivity contribution in [1.82, 2.24) is 9.62 Å². The summed E-state index contributed by atoms with van der Waals surface area (Å²) in [6.45, 7) is 0.197. The minimum absolute atomic E-state index is 0.0741. The molecule has 0 saturated heterocycles. The van der Waals surface area contributed by atoms with Gasteiger partial charge in [-0.15, -0.1) is 0 Å². The molecule has 0 fully saturated rings. The average molecular weight is 403 g/mol. The zero-order chi connectivity index (χ0) is 18.6. The van der Waals surface area contributed by atoms with Crippen LogP contribution in [-0.2, 0) is 10.0 Å². The number of rotatable bonds is 7. The quantitative estimate of drug-likeness (QED) is 0.768. The molecule has 0 spiro atoms. The molecule has 0 aliphatic rings. The standard InChI is InChI=1S/C17H20Cl2N2O3S/c1-21(2)17(12-5-4-6-13(9-12)24-3)11-20-25(22,23)14-7-8-15(18)16(19)10-14/h4-10,17,20H,11H2,1-3H3. The van der Waals surface area contributed by atoms with Crippen molar-refractivity contribution in [2.75, 3.05) is 27.7 Å². The van der Waals surface area contributed by atoms with Gasteiger partial charge in [-0.25, -0.2) is 13.1 Å². The molecule has 0 saturated carbocycles. The third-order valence-electron chi connectivity index (χ3n) is 3.77. The van der Waals surface area contributed by atoms with Gasteiger partial charge in [0.1, 0.15) is 5.75 Å². The molecule has 0 aliphatic heterocycles. The Morgan fingerprint density at radius 3 is 2.44 bits per heavy atom. The van der Waals surface area contributed by atoms with Gasteiger partial charge in [-0.2, -0.15) is 0 Å². The molecule has 5 nitrogen and oxygen atoms in total. The third kappa shape index (κ3) is 5.09. The molecule has 2 rings (SSSR count). The fourth-order valence-corrected chi connectivity index (χ4v) is 3.79. The van der Waals surface area contributed by atoms with Crippen LogP contribution in [0.3, 0.4) is 0 Å². The van der Waals surface area contributed by atoms with E-state index in [4.69, 9.17) is 27.9 Å². The van der Waals surface area contributed by atoms with Crippen molar-refractivity contribution < 1.29 is 13.2 Å². The first-order valence-electron chi connectivity index (χ1n) is 7.49. The number of hydrogen-bond acceptors (Lipinski definition) is 4. The van der Waals surface area contributed by atoms with Crippen LogP contribution >= 0.6 is 23.2 Å². The second-order valence-electron chi connectivity index (χ2n) is 5.68. The summed E-state index contributed by atoms with van der Waals surface area (Å²) in [4.78, 5) is 2.01. The molecule has 0 bridgehead atoms. The molecule has 2 aromatic carbocycles. The van der Waals surface area contributed by atoms with Crippen LogP contribution < -0.4 is 9.46 Å². The fourth-order valence-electron chi connectivity index (χ4n) is 2.36. The highest BCUT2D eigenvalue weighted by molar-refractivity contribution is 7.89. The van der Waals surface area contributed by atoms with E-state index in [-0.39, 0.29) is 22.5 Å². The Labute approximate surface area is 158 Å². The van der Waals surface area contributed by atoms with Crippen LogP contribution in [0.2, 0.25) is 10.0 Å². The van der Waals surface area contributed by atoms with E-state index in [1.807, 2.05) is 43.3 Å². The number of hydrogen-bond donors (Lipinski definition) is 1. The summed E-state index contributed by atoms with van der Waals surface area (Å²) in [7, 11) is 1.66. The molecule has 0 aromatic heterocycles. The van der Waals surface area contributed by atoms with Gasteiger partial charge >= 0.3 is 0 Å². The lowest BCUT2D eigenvalue weighted by atomic mass is 10.1. The highest BCUT2D eigenvalue weighted by Crippen LogP contribution is 2.26. The van der Waals surface area contributed by atoms with Crippen molar-refractivity contribution in [3.05, 3.63) is 58.1 Å². The first-order chi connectivity index (χ1) is 11.7. The molecule has 136 valence electrons. The number of likely N-dealkylation sites (N-methyl/N-ethyl adjacent to an activating group) is 1. The van der Waals surface area contributed by atoms with Gasteiger partial charge < -0.3 is 9.64 Å². The van der Waals surface area contributed by atoms with Crippen LogP contribution in [0.5, 0.6) is 5.75 Å². The number of halogens is 2. The van der Waals surface area contributed by atoms with Crippen molar-refractivity contribution in [2.24, 2.45) is 0 Å². The van der Waals surface area contributed by atoms with E-state index in [9.17, 15) is 8.42 Å². The Bertz CT molecular complexity index is 842. The summed E-state index contributed by atoms with van der Waals surface area (Å²) in [6, 6.07) is 11.6. The molecule has 1 N–H and O–H groups in total. The van der Waals surface area contributed by atoms with Gasteiger partial charge in [0.2, 0.25) is 10.0 Å². The molecular formula is C17H20Cl2N2O3S. The summed E-state index contributed by atoms with van der Waals surface area (Å²) in [5.41, 5.74) is 0.946. The molecular weight excluding hydrogens is 383 g/mol. The molecule has 0 aliphatic carbocycles. The van der Waals surface area contributed by atoms with Gasteiger partial charge in [-0.1, -0.05) is 35.3 Å². The summed E-state index contributed by atoms with van der Waals surface area (Å²) < 4.78 is 32.9.